The summed E-state index contributed by atoms with van der Waals surface area (Å²) in [6.45, 7) is 13.1. The first-order chi connectivity index (χ1) is 10.2. The summed E-state index contributed by atoms with van der Waals surface area (Å²) in [6, 6.07) is 4.31. The van der Waals surface area contributed by atoms with E-state index >= 15 is 0 Å². The number of anilines is 1. The van der Waals surface area contributed by atoms with Gasteiger partial charge in [0.2, 0.25) is 0 Å². The highest BCUT2D eigenvalue weighted by Gasteiger charge is 2.42. The van der Waals surface area contributed by atoms with Crippen LogP contribution in [-0.2, 0) is 9.53 Å². The fourth-order valence-corrected chi connectivity index (χ4v) is 3.89. The Bertz CT molecular complexity index is 577. The standard InChI is InChI=1S/C19H29NO2/c1-8-16(18(21)22-7)20-17-10-13(3)12(2)9-15(17)14(4)11-19(20,5)6/h9-10,14,16H,8,11H2,1-7H3/t14-,16+/m0/s1. The van der Waals surface area contributed by atoms with Crippen LogP contribution in [-0.4, -0.2) is 24.7 Å². The largest absolute Gasteiger partial charge is 0.467 e. The molecule has 1 aliphatic heterocycles. The van der Waals surface area contributed by atoms with Gasteiger partial charge >= 0.3 is 5.97 Å². The Morgan fingerprint density at radius 3 is 2.50 bits per heavy atom. The van der Waals surface area contributed by atoms with E-state index < -0.39 is 0 Å². The van der Waals surface area contributed by atoms with Gasteiger partial charge in [-0.1, -0.05) is 19.9 Å². The van der Waals surface area contributed by atoms with Crippen molar-refractivity contribution in [3.8, 4) is 0 Å². The van der Waals surface area contributed by atoms with Gasteiger partial charge in [-0.15, -0.1) is 0 Å². The van der Waals surface area contributed by atoms with Gasteiger partial charge in [0.05, 0.1) is 7.11 Å². The van der Waals surface area contributed by atoms with E-state index in [-0.39, 0.29) is 17.6 Å². The van der Waals surface area contributed by atoms with Crippen LogP contribution in [0.1, 0.15) is 63.1 Å². The van der Waals surface area contributed by atoms with Crippen LogP contribution < -0.4 is 4.90 Å². The molecule has 2 atom stereocenters. The SMILES string of the molecule is CC[C@H](C(=O)OC)N1c2cc(C)c(C)cc2[C@@H](C)CC1(C)C. The van der Waals surface area contributed by atoms with Crippen LogP contribution in [0.5, 0.6) is 0 Å². The number of methoxy groups -OCH3 is 1. The van der Waals surface area contributed by atoms with Gasteiger partial charge in [0.1, 0.15) is 6.04 Å². The number of hydrogen-bond acceptors (Lipinski definition) is 3. The zero-order valence-electron chi connectivity index (χ0n) is 15.0. The lowest BCUT2D eigenvalue weighted by molar-refractivity contribution is -0.142. The highest BCUT2D eigenvalue weighted by Crippen LogP contribution is 2.45. The zero-order chi connectivity index (χ0) is 16.7. The number of hydrogen-bond donors (Lipinski definition) is 0. The van der Waals surface area contributed by atoms with E-state index in [1.54, 1.807) is 0 Å². The smallest absolute Gasteiger partial charge is 0.328 e. The molecule has 3 nitrogen and oxygen atoms in total. The highest BCUT2D eigenvalue weighted by molar-refractivity contribution is 5.82. The van der Waals surface area contributed by atoms with Gasteiger partial charge in [-0.2, -0.15) is 0 Å². The summed E-state index contributed by atoms with van der Waals surface area (Å²) in [5.41, 5.74) is 5.07. The van der Waals surface area contributed by atoms with E-state index in [2.05, 4.69) is 58.6 Å². The van der Waals surface area contributed by atoms with Crippen LogP contribution in [0, 0.1) is 13.8 Å². The number of benzene rings is 1. The van der Waals surface area contributed by atoms with E-state index in [4.69, 9.17) is 4.74 Å². The average molecular weight is 303 g/mol. The Balaban J connectivity index is 2.63. The Morgan fingerprint density at radius 1 is 1.36 bits per heavy atom. The molecule has 0 saturated heterocycles. The summed E-state index contributed by atoms with van der Waals surface area (Å²) in [7, 11) is 1.48. The molecule has 0 bridgehead atoms. The molecule has 1 heterocycles. The molecule has 0 radical (unpaired) electrons. The second kappa shape index (κ2) is 5.94. The molecule has 0 fully saturated rings. The first kappa shape index (κ1) is 16.9. The molecule has 1 aliphatic rings. The molecule has 122 valence electrons. The number of nitrogens with zero attached hydrogens (tertiary/aromatic N) is 1. The predicted octanol–water partition coefficient (Wildman–Crippen LogP) is 4.35. The highest BCUT2D eigenvalue weighted by atomic mass is 16.5. The van der Waals surface area contributed by atoms with Gasteiger partial charge in [-0.25, -0.2) is 4.79 Å². The molecule has 2 rings (SSSR count). The molecule has 0 amide bonds. The molecule has 1 aromatic rings. The fourth-order valence-electron chi connectivity index (χ4n) is 3.89. The molecular formula is C19H29NO2. The van der Waals surface area contributed by atoms with Crippen LogP contribution in [0.15, 0.2) is 12.1 Å². The molecule has 1 aromatic carbocycles. The number of esters is 1. The Kier molecular flexibility index (Phi) is 4.55. The lowest BCUT2D eigenvalue weighted by Gasteiger charge is -2.50. The summed E-state index contributed by atoms with van der Waals surface area (Å²) in [6.07, 6.45) is 1.78. The number of fused-ring (bicyclic) bond motifs is 1. The average Bonchev–Trinajstić information content (AvgIpc) is 2.44. The van der Waals surface area contributed by atoms with Gasteiger partial charge < -0.3 is 9.64 Å². The molecule has 0 N–H and O–H groups in total. The van der Waals surface area contributed by atoms with Crippen molar-refractivity contribution in [2.45, 2.75) is 71.9 Å². The van der Waals surface area contributed by atoms with E-state index in [0.717, 1.165) is 12.8 Å². The Labute approximate surface area is 134 Å². The van der Waals surface area contributed by atoms with E-state index in [1.165, 1.54) is 29.5 Å². The zero-order valence-corrected chi connectivity index (χ0v) is 15.0. The normalized spacial score (nSPS) is 21.2. The second-order valence-corrected chi connectivity index (χ2v) is 7.23. The van der Waals surface area contributed by atoms with Crippen LogP contribution in [0.2, 0.25) is 0 Å². The van der Waals surface area contributed by atoms with Gasteiger partial charge in [0.25, 0.3) is 0 Å². The topological polar surface area (TPSA) is 29.5 Å². The van der Waals surface area contributed by atoms with Crippen LogP contribution >= 0.6 is 0 Å². The van der Waals surface area contributed by atoms with Gasteiger partial charge in [0.15, 0.2) is 0 Å². The lowest BCUT2D eigenvalue weighted by Crippen LogP contribution is -2.56. The van der Waals surface area contributed by atoms with Gasteiger partial charge in [0, 0.05) is 11.2 Å². The Morgan fingerprint density at radius 2 is 1.95 bits per heavy atom. The third kappa shape index (κ3) is 2.73. The molecule has 0 aromatic heterocycles. The molecule has 0 aliphatic carbocycles. The molecule has 0 unspecified atom stereocenters. The van der Waals surface area contributed by atoms with Crippen molar-refractivity contribution in [3.05, 3.63) is 28.8 Å². The van der Waals surface area contributed by atoms with Crippen molar-refractivity contribution in [3.63, 3.8) is 0 Å². The number of ether oxygens (including phenoxy) is 1. The summed E-state index contributed by atoms with van der Waals surface area (Å²) in [4.78, 5) is 14.6. The minimum Gasteiger partial charge on any atom is -0.467 e. The maximum absolute atomic E-state index is 12.3. The summed E-state index contributed by atoms with van der Waals surface area (Å²) < 4.78 is 5.07. The maximum Gasteiger partial charge on any atom is 0.328 e. The van der Waals surface area contributed by atoms with E-state index in [9.17, 15) is 4.79 Å². The van der Waals surface area contributed by atoms with Crippen LogP contribution in [0.25, 0.3) is 0 Å². The van der Waals surface area contributed by atoms with Gasteiger partial charge in [-0.05, 0) is 69.2 Å². The first-order valence-corrected chi connectivity index (χ1v) is 8.21. The summed E-state index contributed by atoms with van der Waals surface area (Å²) >= 11 is 0. The summed E-state index contributed by atoms with van der Waals surface area (Å²) in [5.74, 6) is 0.352. The predicted molar refractivity (Wildman–Crippen MR) is 91.6 cm³/mol. The quantitative estimate of drug-likeness (QED) is 0.778. The van der Waals surface area contributed by atoms with Crippen molar-refractivity contribution in [1.82, 2.24) is 0 Å². The monoisotopic (exact) mass is 303 g/mol. The number of carbonyl (C=O) groups excluding carboxylic acids is 1. The van der Waals surface area contributed by atoms with Crippen molar-refractivity contribution >= 4 is 11.7 Å². The van der Waals surface area contributed by atoms with E-state index in [1.807, 2.05) is 0 Å². The van der Waals surface area contributed by atoms with Crippen molar-refractivity contribution in [2.75, 3.05) is 12.0 Å². The van der Waals surface area contributed by atoms with Crippen LogP contribution in [0.4, 0.5) is 5.69 Å². The minimum atomic E-state index is -0.228. The molecule has 0 spiro atoms. The lowest BCUT2D eigenvalue weighted by atomic mass is 9.78. The summed E-state index contributed by atoms with van der Waals surface area (Å²) in [5, 5.41) is 0. The Hall–Kier alpha value is -1.51. The van der Waals surface area contributed by atoms with E-state index in [0.29, 0.717) is 5.92 Å². The molecule has 0 saturated carbocycles. The first-order valence-electron chi connectivity index (χ1n) is 8.21. The van der Waals surface area contributed by atoms with Gasteiger partial charge in [-0.3, -0.25) is 0 Å². The van der Waals surface area contributed by atoms with Crippen molar-refractivity contribution in [1.29, 1.82) is 0 Å². The fraction of sp³-hybridized carbons (Fsp3) is 0.632. The maximum atomic E-state index is 12.3. The number of rotatable bonds is 3. The molecule has 22 heavy (non-hydrogen) atoms. The molecular weight excluding hydrogens is 274 g/mol. The second-order valence-electron chi connectivity index (χ2n) is 7.23. The third-order valence-electron chi connectivity index (χ3n) is 5.06. The number of aryl methyl sites for hydroxylation is 2. The number of carbonyl (C=O) groups is 1. The third-order valence-corrected chi connectivity index (χ3v) is 5.06. The van der Waals surface area contributed by atoms with Crippen LogP contribution in [0.3, 0.4) is 0 Å². The molecule has 3 heteroatoms. The van der Waals surface area contributed by atoms with Crippen molar-refractivity contribution in [2.24, 2.45) is 0 Å². The van der Waals surface area contributed by atoms with Crippen molar-refractivity contribution < 1.29 is 9.53 Å². The minimum absolute atomic E-state index is 0.0665.